The number of fused-ring (bicyclic) bond motifs is 3. The monoisotopic (exact) mass is 365 g/mol. The summed E-state index contributed by atoms with van der Waals surface area (Å²) >= 11 is 1.64. The number of thiophene rings is 1. The quantitative estimate of drug-likeness (QED) is 0.385. The van der Waals surface area contributed by atoms with Gasteiger partial charge in [-0.3, -0.25) is 4.98 Å². The van der Waals surface area contributed by atoms with Gasteiger partial charge in [-0.2, -0.15) is 4.57 Å². The third-order valence-electron chi connectivity index (χ3n) is 5.29. The standard InChI is InChI=1S/C23H23N2S/c1-16-12-13-21(24-15-16)20-10-5-9-18-19-11-6-14-25(23(19)26-22(18)20)17-7-3-2-4-8-17/h5-6,9-15,17H,2-4,7-8H2,1H3/q+1/i1D3,12D,13D,15D. The highest BCUT2D eigenvalue weighted by molar-refractivity contribution is 7.25. The van der Waals surface area contributed by atoms with Gasteiger partial charge in [-0.15, -0.1) is 0 Å². The molecule has 3 aromatic heterocycles. The Hall–Kier alpha value is -2.26. The van der Waals surface area contributed by atoms with E-state index in [1.54, 1.807) is 11.3 Å². The zero-order chi connectivity index (χ0) is 22.6. The molecular formula is C23H23N2S+. The second-order valence-electron chi connectivity index (χ2n) is 6.91. The summed E-state index contributed by atoms with van der Waals surface area (Å²) in [6.45, 7) is -2.65. The summed E-state index contributed by atoms with van der Waals surface area (Å²) in [6.07, 6.45) is 7.80. The molecule has 26 heavy (non-hydrogen) atoms. The van der Waals surface area contributed by atoms with Crippen molar-refractivity contribution in [3.8, 4) is 11.3 Å². The molecule has 0 N–H and O–H groups in total. The molecule has 0 saturated heterocycles. The number of pyridine rings is 2. The van der Waals surface area contributed by atoms with E-state index in [-0.39, 0.29) is 11.7 Å². The maximum Gasteiger partial charge on any atom is 0.270 e. The molecule has 1 aromatic carbocycles. The maximum atomic E-state index is 8.48. The van der Waals surface area contributed by atoms with E-state index in [0.29, 0.717) is 11.6 Å². The Morgan fingerprint density at radius 2 is 2.00 bits per heavy atom. The van der Waals surface area contributed by atoms with E-state index in [9.17, 15) is 0 Å². The van der Waals surface area contributed by atoms with Crippen molar-refractivity contribution in [2.75, 3.05) is 0 Å². The molecule has 4 aromatic rings. The van der Waals surface area contributed by atoms with Crippen molar-refractivity contribution in [1.29, 1.82) is 0 Å². The van der Waals surface area contributed by atoms with Crippen molar-refractivity contribution in [3.05, 3.63) is 60.3 Å². The number of aromatic nitrogens is 2. The number of nitrogens with zero attached hydrogens (tertiary/aromatic N) is 2. The predicted molar refractivity (Wildman–Crippen MR) is 110 cm³/mol. The van der Waals surface area contributed by atoms with Crippen molar-refractivity contribution in [3.63, 3.8) is 0 Å². The summed E-state index contributed by atoms with van der Waals surface area (Å²) in [5.74, 6) is 0. The van der Waals surface area contributed by atoms with Gasteiger partial charge < -0.3 is 0 Å². The van der Waals surface area contributed by atoms with Crippen LogP contribution in [0.25, 0.3) is 31.6 Å². The van der Waals surface area contributed by atoms with Crippen LogP contribution >= 0.6 is 11.3 Å². The highest BCUT2D eigenvalue weighted by Crippen LogP contribution is 2.39. The molecule has 0 aliphatic heterocycles. The molecule has 0 bridgehead atoms. The van der Waals surface area contributed by atoms with Crippen molar-refractivity contribution >= 4 is 31.6 Å². The summed E-state index contributed by atoms with van der Waals surface area (Å²) < 4.78 is 51.1. The van der Waals surface area contributed by atoms with Crippen LogP contribution < -0.4 is 4.57 Å². The minimum Gasteiger partial charge on any atom is -0.256 e. The molecule has 0 spiro atoms. The second kappa shape index (κ2) is 6.48. The number of hydrogen-bond acceptors (Lipinski definition) is 2. The van der Waals surface area contributed by atoms with Gasteiger partial charge >= 0.3 is 0 Å². The van der Waals surface area contributed by atoms with E-state index in [0.717, 1.165) is 15.5 Å². The van der Waals surface area contributed by atoms with Gasteiger partial charge in [0.1, 0.15) is 0 Å². The largest absolute Gasteiger partial charge is 0.270 e. The van der Waals surface area contributed by atoms with Crippen molar-refractivity contribution in [1.82, 2.24) is 4.98 Å². The van der Waals surface area contributed by atoms with Gasteiger partial charge in [-0.05, 0) is 37.4 Å². The molecule has 1 aliphatic carbocycles. The molecule has 1 aliphatic rings. The van der Waals surface area contributed by atoms with Crippen LogP contribution in [-0.4, -0.2) is 4.98 Å². The molecule has 0 atom stereocenters. The van der Waals surface area contributed by atoms with Gasteiger partial charge in [-0.1, -0.05) is 42.0 Å². The van der Waals surface area contributed by atoms with Crippen LogP contribution in [-0.2, 0) is 0 Å². The van der Waals surface area contributed by atoms with Crippen LogP contribution in [0.3, 0.4) is 0 Å². The van der Waals surface area contributed by atoms with Crippen LogP contribution in [0.15, 0.2) is 54.8 Å². The van der Waals surface area contributed by atoms with Crippen LogP contribution in [0.2, 0.25) is 0 Å². The summed E-state index contributed by atoms with van der Waals surface area (Å²) in [5.41, 5.74) is 0.391. The minimum absolute atomic E-state index is 0.189. The third kappa shape index (κ3) is 2.62. The first-order chi connectivity index (χ1) is 15.3. The molecule has 3 heteroatoms. The normalized spacial score (nSPS) is 19.5. The molecule has 1 saturated carbocycles. The van der Waals surface area contributed by atoms with E-state index in [2.05, 4.69) is 27.9 Å². The van der Waals surface area contributed by atoms with Gasteiger partial charge in [0.25, 0.3) is 4.83 Å². The Balaban J connectivity index is 1.75. The van der Waals surface area contributed by atoms with Gasteiger partial charge in [-0.25, -0.2) is 0 Å². The maximum absolute atomic E-state index is 8.48. The molecule has 0 radical (unpaired) electrons. The molecular weight excluding hydrogens is 336 g/mol. The number of rotatable bonds is 2. The molecule has 2 nitrogen and oxygen atoms in total. The highest BCUT2D eigenvalue weighted by atomic mass is 32.1. The molecule has 0 unspecified atom stereocenters. The number of benzene rings is 1. The second-order valence-corrected chi connectivity index (χ2v) is 7.91. The van der Waals surface area contributed by atoms with Crippen molar-refractivity contribution < 1.29 is 12.8 Å². The Morgan fingerprint density at radius 1 is 1.12 bits per heavy atom. The van der Waals surface area contributed by atoms with Crippen LogP contribution in [0, 0.1) is 6.85 Å². The average Bonchev–Trinajstić information content (AvgIpc) is 3.15. The molecule has 5 rings (SSSR count). The first-order valence-corrected chi connectivity index (χ1v) is 9.93. The van der Waals surface area contributed by atoms with E-state index in [1.807, 2.05) is 18.2 Å². The average molecular weight is 366 g/mol. The number of hydrogen-bond donors (Lipinski definition) is 0. The lowest BCUT2D eigenvalue weighted by molar-refractivity contribution is -0.699. The lowest BCUT2D eigenvalue weighted by atomic mass is 9.95. The lowest BCUT2D eigenvalue weighted by Gasteiger charge is -2.17. The Morgan fingerprint density at radius 3 is 2.88 bits per heavy atom. The summed E-state index contributed by atoms with van der Waals surface area (Å²) in [7, 11) is 0. The van der Waals surface area contributed by atoms with E-state index in [1.165, 1.54) is 36.9 Å². The summed E-state index contributed by atoms with van der Waals surface area (Å²) in [5, 5.41) is 2.19. The first-order valence-electron chi connectivity index (χ1n) is 12.1. The van der Waals surface area contributed by atoms with Crippen LogP contribution in [0.1, 0.15) is 51.9 Å². The van der Waals surface area contributed by atoms with E-state index < -0.39 is 24.6 Å². The molecule has 1 fully saturated rings. The van der Waals surface area contributed by atoms with E-state index in [4.69, 9.17) is 8.22 Å². The Kier molecular flexibility index (Phi) is 2.69. The van der Waals surface area contributed by atoms with Gasteiger partial charge in [0.15, 0.2) is 12.2 Å². The Labute approximate surface area is 166 Å². The van der Waals surface area contributed by atoms with Crippen molar-refractivity contribution in [2.24, 2.45) is 0 Å². The molecule has 3 heterocycles. The fourth-order valence-electron chi connectivity index (χ4n) is 4.03. The molecule has 130 valence electrons. The highest BCUT2D eigenvalue weighted by Gasteiger charge is 2.26. The molecule has 0 amide bonds. The van der Waals surface area contributed by atoms with Crippen molar-refractivity contribution in [2.45, 2.75) is 45.0 Å². The minimum atomic E-state index is -2.65. The SMILES string of the molecule is [2H]c1nc(-c2cccc3c2sc2c3ccc[n+]2C2CCCCC2)c([2H])c([2H])c1C([2H])([2H])[2H]. The first kappa shape index (κ1) is 10.8. The van der Waals surface area contributed by atoms with Gasteiger partial charge in [0, 0.05) is 40.1 Å². The summed E-state index contributed by atoms with van der Waals surface area (Å²) in [6, 6.07) is 9.76. The zero-order valence-corrected chi connectivity index (χ0v) is 15.2. The van der Waals surface area contributed by atoms with Crippen LogP contribution in [0.4, 0.5) is 0 Å². The third-order valence-corrected chi connectivity index (χ3v) is 6.56. The Bertz CT molecular complexity index is 1340. The predicted octanol–water partition coefficient (Wildman–Crippen LogP) is 6.22. The van der Waals surface area contributed by atoms with Gasteiger partial charge in [0.2, 0.25) is 0 Å². The smallest absolute Gasteiger partial charge is 0.256 e. The van der Waals surface area contributed by atoms with Crippen LogP contribution in [0.5, 0.6) is 0 Å². The fourth-order valence-corrected chi connectivity index (χ4v) is 5.39. The topological polar surface area (TPSA) is 16.8 Å². The van der Waals surface area contributed by atoms with Gasteiger partial charge in [0.05, 0.1) is 19.9 Å². The van der Waals surface area contributed by atoms with E-state index >= 15 is 0 Å². The fraction of sp³-hybridized carbons (Fsp3) is 0.304. The lowest BCUT2D eigenvalue weighted by Crippen LogP contribution is -2.40. The zero-order valence-electron chi connectivity index (χ0n) is 20.4. The summed E-state index contributed by atoms with van der Waals surface area (Å²) in [4.78, 5) is 5.37.